The summed E-state index contributed by atoms with van der Waals surface area (Å²) in [7, 11) is 0. The fourth-order valence-electron chi connectivity index (χ4n) is 1.97. The van der Waals surface area contributed by atoms with Crippen LogP contribution in [0.2, 0.25) is 5.02 Å². The Morgan fingerprint density at radius 1 is 1.38 bits per heavy atom. The number of furan rings is 1. The predicted octanol–water partition coefficient (Wildman–Crippen LogP) is 3.19. The second-order valence-corrected chi connectivity index (χ2v) is 5.76. The minimum absolute atomic E-state index is 0.0304. The van der Waals surface area contributed by atoms with Crippen LogP contribution in [-0.2, 0) is 5.60 Å². The van der Waals surface area contributed by atoms with Gasteiger partial charge in [0.15, 0.2) is 0 Å². The van der Waals surface area contributed by atoms with Gasteiger partial charge in [-0.25, -0.2) is 0 Å². The van der Waals surface area contributed by atoms with Crippen LogP contribution in [0.3, 0.4) is 0 Å². The summed E-state index contributed by atoms with van der Waals surface area (Å²) in [5, 5.41) is 13.4. The molecule has 0 bridgehead atoms. The molecule has 0 spiro atoms. The number of hydrogen-bond acceptors (Lipinski definition) is 3. The zero-order chi connectivity index (χ0) is 15.6. The first-order valence-electron chi connectivity index (χ1n) is 6.62. The van der Waals surface area contributed by atoms with Crippen LogP contribution in [0.25, 0.3) is 0 Å². The van der Waals surface area contributed by atoms with Gasteiger partial charge in [0, 0.05) is 0 Å². The SMILES string of the molecule is Cc1cc(Cl)c(C(=O)NCC(C)(O)c2ccco2)cc1C. The standard InChI is InChI=1S/C16H18ClNO3/c1-10-7-12(13(17)8-11(10)2)15(19)18-9-16(3,20)14-5-4-6-21-14/h4-8,20H,9H2,1-3H3,(H,18,19). The maximum atomic E-state index is 12.2. The molecule has 1 aromatic heterocycles. The highest BCUT2D eigenvalue weighted by molar-refractivity contribution is 6.34. The highest BCUT2D eigenvalue weighted by Crippen LogP contribution is 2.22. The van der Waals surface area contributed by atoms with Crippen LogP contribution in [0.1, 0.15) is 34.2 Å². The molecule has 0 aliphatic rings. The average molecular weight is 308 g/mol. The molecule has 0 saturated carbocycles. The lowest BCUT2D eigenvalue weighted by atomic mass is 10.0. The van der Waals surface area contributed by atoms with Gasteiger partial charge in [-0.3, -0.25) is 4.79 Å². The lowest BCUT2D eigenvalue weighted by Crippen LogP contribution is -2.38. The Kier molecular flexibility index (Phi) is 4.40. The van der Waals surface area contributed by atoms with Crippen LogP contribution in [0.15, 0.2) is 34.9 Å². The number of rotatable bonds is 4. The molecule has 0 saturated heterocycles. The highest BCUT2D eigenvalue weighted by atomic mass is 35.5. The first-order valence-corrected chi connectivity index (χ1v) is 7.00. The summed E-state index contributed by atoms with van der Waals surface area (Å²) in [6, 6.07) is 6.85. The minimum atomic E-state index is -1.27. The largest absolute Gasteiger partial charge is 0.466 e. The van der Waals surface area contributed by atoms with Crippen LogP contribution in [0, 0.1) is 13.8 Å². The fourth-order valence-corrected chi connectivity index (χ4v) is 2.28. The van der Waals surface area contributed by atoms with Crippen LogP contribution in [0.4, 0.5) is 0 Å². The lowest BCUT2D eigenvalue weighted by molar-refractivity contribution is 0.0330. The normalized spacial score (nSPS) is 13.8. The third kappa shape index (κ3) is 3.46. The van der Waals surface area contributed by atoms with E-state index in [2.05, 4.69) is 5.32 Å². The van der Waals surface area contributed by atoms with E-state index in [1.54, 1.807) is 31.2 Å². The van der Waals surface area contributed by atoms with Crippen molar-refractivity contribution in [3.8, 4) is 0 Å². The van der Waals surface area contributed by atoms with Gasteiger partial charge in [0.2, 0.25) is 0 Å². The average Bonchev–Trinajstić information content (AvgIpc) is 2.95. The summed E-state index contributed by atoms with van der Waals surface area (Å²) >= 11 is 6.10. The molecule has 1 heterocycles. The Balaban J connectivity index is 2.11. The summed E-state index contributed by atoms with van der Waals surface area (Å²) in [4.78, 5) is 12.2. The second kappa shape index (κ2) is 5.92. The van der Waals surface area contributed by atoms with Gasteiger partial charge in [-0.15, -0.1) is 0 Å². The number of carbonyl (C=O) groups excluding carboxylic acids is 1. The molecule has 5 heteroatoms. The van der Waals surface area contributed by atoms with Gasteiger partial charge in [0.1, 0.15) is 11.4 Å². The first-order chi connectivity index (χ1) is 9.81. The van der Waals surface area contributed by atoms with Crippen molar-refractivity contribution in [3.05, 3.63) is 58.0 Å². The van der Waals surface area contributed by atoms with Crippen molar-refractivity contribution in [1.29, 1.82) is 0 Å². The van der Waals surface area contributed by atoms with E-state index >= 15 is 0 Å². The number of aryl methyl sites for hydroxylation is 2. The summed E-state index contributed by atoms with van der Waals surface area (Å²) in [5.41, 5.74) is 1.14. The van der Waals surface area contributed by atoms with Crippen LogP contribution in [0.5, 0.6) is 0 Å². The molecule has 4 nitrogen and oxygen atoms in total. The molecule has 0 aliphatic heterocycles. The molecule has 2 rings (SSSR count). The van der Waals surface area contributed by atoms with Crippen molar-refractivity contribution >= 4 is 17.5 Å². The smallest absolute Gasteiger partial charge is 0.252 e. The van der Waals surface area contributed by atoms with E-state index in [0.717, 1.165) is 11.1 Å². The number of amides is 1. The van der Waals surface area contributed by atoms with E-state index in [9.17, 15) is 9.90 Å². The van der Waals surface area contributed by atoms with E-state index in [-0.39, 0.29) is 12.5 Å². The molecule has 0 aliphatic carbocycles. The Morgan fingerprint density at radius 3 is 2.67 bits per heavy atom. The van der Waals surface area contributed by atoms with Gasteiger partial charge >= 0.3 is 0 Å². The molecule has 1 amide bonds. The van der Waals surface area contributed by atoms with Crippen LogP contribution < -0.4 is 5.32 Å². The van der Waals surface area contributed by atoms with Crippen molar-refractivity contribution in [2.75, 3.05) is 6.54 Å². The van der Waals surface area contributed by atoms with Gasteiger partial charge in [-0.05, 0) is 56.2 Å². The van der Waals surface area contributed by atoms with E-state index in [1.165, 1.54) is 6.26 Å². The van der Waals surface area contributed by atoms with E-state index in [4.69, 9.17) is 16.0 Å². The zero-order valence-corrected chi connectivity index (χ0v) is 13.0. The van der Waals surface area contributed by atoms with Gasteiger partial charge < -0.3 is 14.8 Å². The molecule has 2 aromatic rings. The monoisotopic (exact) mass is 307 g/mol. The third-order valence-electron chi connectivity index (χ3n) is 3.47. The second-order valence-electron chi connectivity index (χ2n) is 5.35. The number of carbonyl (C=O) groups is 1. The Hall–Kier alpha value is -1.78. The number of halogens is 1. The molecular formula is C16H18ClNO3. The predicted molar refractivity (Wildman–Crippen MR) is 81.5 cm³/mol. The van der Waals surface area contributed by atoms with Crippen molar-refractivity contribution in [3.63, 3.8) is 0 Å². The summed E-state index contributed by atoms with van der Waals surface area (Å²) < 4.78 is 5.17. The van der Waals surface area contributed by atoms with Gasteiger partial charge in [0.25, 0.3) is 5.91 Å². The highest BCUT2D eigenvalue weighted by Gasteiger charge is 2.27. The molecule has 1 atom stereocenters. The topological polar surface area (TPSA) is 62.5 Å². The van der Waals surface area contributed by atoms with Gasteiger partial charge in [0.05, 0.1) is 23.4 Å². The van der Waals surface area contributed by atoms with E-state index in [1.807, 2.05) is 13.8 Å². The van der Waals surface area contributed by atoms with Crippen molar-refractivity contribution in [2.45, 2.75) is 26.4 Å². The lowest BCUT2D eigenvalue weighted by Gasteiger charge is -2.21. The molecule has 0 fully saturated rings. The van der Waals surface area contributed by atoms with E-state index < -0.39 is 5.60 Å². The molecule has 21 heavy (non-hydrogen) atoms. The van der Waals surface area contributed by atoms with Crippen molar-refractivity contribution in [1.82, 2.24) is 5.32 Å². The summed E-state index contributed by atoms with van der Waals surface area (Å²) in [6.45, 7) is 5.46. The van der Waals surface area contributed by atoms with Gasteiger partial charge in [-0.1, -0.05) is 11.6 Å². The van der Waals surface area contributed by atoms with Crippen molar-refractivity contribution in [2.24, 2.45) is 0 Å². The molecule has 1 unspecified atom stereocenters. The maximum Gasteiger partial charge on any atom is 0.252 e. The maximum absolute atomic E-state index is 12.2. The van der Waals surface area contributed by atoms with Crippen LogP contribution >= 0.6 is 11.6 Å². The molecule has 1 aromatic carbocycles. The van der Waals surface area contributed by atoms with E-state index in [0.29, 0.717) is 16.3 Å². The van der Waals surface area contributed by atoms with Crippen molar-refractivity contribution < 1.29 is 14.3 Å². The summed E-state index contributed by atoms with van der Waals surface area (Å²) in [5.74, 6) is 0.0731. The zero-order valence-electron chi connectivity index (χ0n) is 12.2. The molecule has 2 N–H and O–H groups in total. The quantitative estimate of drug-likeness (QED) is 0.912. The first kappa shape index (κ1) is 15.6. The Morgan fingerprint density at radius 2 is 2.05 bits per heavy atom. The Bertz CT molecular complexity index is 648. The molecule has 0 radical (unpaired) electrons. The number of benzene rings is 1. The number of nitrogens with one attached hydrogen (secondary N) is 1. The fraction of sp³-hybridized carbons (Fsp3) is 0.312. The minimum Gasteiger partial charge on any atom is -0.466 e. The molecule has 112 valence electrons. The summed E-state index contributed by atoms with van der Waals surface area (Å²) in [6.07, 6.45) is 1.48. The molecular weight excluding hydrogens is 290 g/mol. The number of aliphatic hydroxyl groups is 1. The third-order valence-corrected chi connectivity index (χ3v) is 3.79. The van der Waals surface area contributed by atoms with Gasteiger partial charge in [-0.2, -0.15) is 0 Å². The Labute approximate surface area is 128 Å². The number of hydrogen-bond donors (Lipinski definition) is 2. The van der Waals surface area contributed by atoms with Crippen LogP contribution in [-0.4, -0.2) is 17.6 Å².